The number of hydrogen-bond acceptors (Lipinski definition) is 6. The molecule has 0 unspecified atom stereocenters. The lowest BCUT2D eigenvalue weighted by atomic mass is 10.1. The van der Waals surface area contributed by atoms with Gasteiger partial charge in [0, 0.05) is 24.4 Å². The van der Waals surface area contributed by atoms with Crippen LogP contribution in [0, 0.1) is 12.8 Å². The molecule has 0 bridgehead atoms. The SMILES string of the molecule is COc1ccc(Nc2cc(NCCC(C)C)nc(C)n2)cc1OC. The van der Waals surface area contributed by atoms with Crippen LogP contribution in [0.2, 0.25) is 0 Å². The zero-order valence-corrected chi connectivity index (χ0v) is 15.0. The van der Waals surface area contributed by atoms with E-state index in [0.29, 0.717) is 23.2 Å². The van der Waals surface area contributed by atoms with Crippen LogP contribution in [0.5, 0.6) is 11.5 Å². The Hall–Kier alpha value is -2.50. The summed E-state index contributed by atoms with van der Waals surface area (Å²) in [5.41, 5.74) is 0.874. The number of aryl methyl sites for hydroxylation is 1. The van der Waals surface area contributed by atoms with Gasteiger partial charge in [-0.2, -0.15) is 0 Å². The van der Waals surface area contributed by atoms with Crippen LogP contribution < -0.4 is 20.1 Å². The maximum atomic E-state index is 5.33. The zero-order valence-electron chi connectivity index (χ0n) is 15.0. The molecule has 1 aromatic carbocycles. The molecule has 0 radical (unpaired) electrons. The smallest absolute Gasteiger partial charge is 0.162 e. The zero-order chi connectivity index (χ0) is 17.5. The predicted octanol–water partition coefficient (Wildman–Crippen LogP) is 4.00. The molecule has 6 nitrogen and oxygen atoms in total. The second-order valence-corrected chi connectivity index (χ2v) is 5.99. The molecule has 2 N–H and O–H groups in total. The summed E-state index contributed by atoms with van der Waals surface area (Å²) >= 11 is 0. The number of aromatic nitrogens is 2. The van der Waals surface area contributed by atoms with E-state index in [1.165, 1.54) is 0 Å². The monoisotopic (exact) mass is 330 g/mol. The van der Waals surface area contributed by atoms with Gasteiger partial charge in [0.25, 0.3) is 0 Å². The highest BCUT2D eigenvalue weighted by atomic mass is 16.5. The molecule has 0 spiro atoms. The number of nitrogens with one attached hydrogen (secondary N) is 2. The maximum Gasteiger partial charge on any atom is 0.162 e. The molecule has 0 fully saturated rings. The van der Waals surface area contributed by atoms with Crippen molar-refractivity contribution in [2.45, 2.75) is 27.2 Å². The third kappa shape index (κ3) is 5.01. The summed E-state index contributed by atoms with van der Waals surface area (Å²) in [6.45, 7) is 7.19. The lowest BCUT2D eigenvalue weighted by Crippen LogP contribution is -2.08. The molecule has 1 aromatic heterocycles. The first-order chi connectivity index (χ1) is 11.5. The number of rotatable bonds is 8. The molecule has 0 saturated heterocycles. The molecule has 0 aliphatic carbocycles. The third-order valence-corrected chi connectivity index (χ3v) is 3.52. The molecule has 0 atom stereocenters. The number of ether oxygens (including phenoxy) is 2. The van der Waals surface area contributed by atoms with Gasteiger partial charge in [0.05, 0.1) is 14.2 Å². The highest BCUT2D eigenvalue weighted by Gasteiger charge is 2.07. The summed E-state index contributed by atoms with van der Waals surface area (Å²) in [5, 5.41) is 6.63. The first-order valence-electron chi connectivity index (χ1n) is 8.10. The van der Waals surface area contributed by atoms with Crippen LogP contribution in [0.3, 0.4) is 0 Å². The van der Waals surface area contributed by atoms with E-state index in [1.54, 1.807) is 14.2 Å². The molecule has 1 heterocycles. The first kappa shape index (κ1) is 17.8. The topological polar surface area (TPSA) is 68.3 Å². The van der Waals surface area contributed by atoms with Crippen molar-refractivity contribution in [3.63, 3.8) is 0 Å². The first-order valence-corrected chi connectivity index (χ1v) is 8.10. The van der Waals surface area contributed by atoms with Crippen LogP contribution in [-0.2, 0) is 0 Å². The molecule has 2 rings (SSSR count). The number of nitrogens with zero attached hydrogens (tertiary/aromatic N) is 2. The van der Waals surface area contributed by atoms with Gasteiger partial charge in [-0.05, 0) is 31.4 Å². The van der Waals surface area contributed by atoms with Gasteiger partial charge >= 0.3 is 0 Å². The minimum Gasteiger partial charge on any atom is -0.493 e. The average molecular weight is 330 g/mol. The fourth-order valence-electron chi connectivity index (χ4n) is 2.27. The normalized spacial score (nSPS) is 10.6. The summed E-state index contributed by atoms with van der Waals surface area (Å²) < 4.78 is 10.6. The number of methoxy groups -OCH3 is 2. The van der Waals surface area contributed by atoms with E-state index in [2.05, 4.69) is 34.4 Å². The summed E-state index contributed by atoms with van der Waals surface area (Å²) in [4.78, 5) is 8.86. The van der Waals surface area contributed by atoms with Crippen LogP contribution in [-0.4, -0.2) is 30.7 Å². The van der Waals surface area contributed by atoms with E-state index in [0.717, 1.165) is 30.3 Å². The Labute approximate surface area is 143 Å². The molecule has 24 heavy (non-hydrogen) atoms. The highest BCUT2D eigenvalue weighted by Crippen LogP contribution is 2.31. The van der Waals surface area contributed by atoms with Crippen molar-refractivity contribution in [1.82, 2.24) is 9.97 Å². The van der Waals surface area contributed by atoms with Gasteiger partial charge in [0.15, 0.2) is 11.5 Å². The van der Waals surface area contributed by atoms with Gasteiger partial charge in [-0.3, -0.25) is 0 Å². The van der Waals surface area contributed by atoms with E-state index in [4.69, 9.17) is 9.47 Å². The Bertz CT molecular complexity index is 674. The number of anilines is 3. The van der Waals surface area contributed by atoms with E-state index in [9.17, 15) is 0 Å². The second kappa shape index (κ2) is 8.38. The minimum absolute atomic E-state index is 0.657. The summed E-state index contributed by atoms with van der Waals surface area (Å²) in [7, 11) is 3.24. The molecule has 0 aliphatic rings. The van der Waals surface area contributed by atoms with Crippen molar-refractivity contribution < 1.29 is 9.47 Å². The largest absolute Gasteiger partial charge is 0.493 e. The van der Waals surface area contributed by atoms with Crippen molar-refractivity contribution >= 4 is 17.3 Å². The Morgan fingerprint density at radius 2 is 1.71 bits per heavy atom. The molecule has 130 valence electrons. The van der Waals surface area contributed by atoms with Crippen LogP contribution in [0.25, 0.3) is 0 Å². The van der Waals surface area contributed by atoms with E-state index in [1.807, 2.05) is 31.2 Å². The van der Waals surface area contributed by atoms with Crippen LogP contribution in [0.4, 0.5) is 17.3 Å². The number of hydrogen-bond donors (Lipinski definition) is 2. The van der Waals surface area contributed by atoms with Crippen molar-refractivity contribution in [1.29, 1.82) is 0 Å². The fourth-order valence-corrected chi connectivity index (χ4v) is 2.27. The van der Waals surface area contributed by atoms with Gasteiger partial charge < -0.3 is 20.1 Å². The van der Waals surface area contributed by atoms with E-state index < -0.39 is 0 Å². The van der Waals surface area contributed by atoms with E-state index in [-0.39, 0.29) is 0 Å². The fraction of sp³-hybridized carbons (Fsp3) is 0.444. The molecular weight excluding hydrogens is 304 g/mol. The molecule has 0 aliphatic heterocycles. The molecule has 0 saturated carbocycles. The molecule has 6 heteroatoms. The predicted molar refractivity (Wildman–Crippen MR) is 97.5 cm³/mol. The average Bonchev–Trinajstić information content (AvgIpc) is 2.53. The van der Waals surface area contributed by atoms with E-state index >= 15 is 0 Å². The van der Waals surface area contributed by atoms with Gasteiger partial charge in [-0.25, -0.2) is 9.97 Å². The standard InChI is InChI=1S/C18H26N4O2/c1-12(2)8-9-19-17-11-18(21-13(3)20-17)22-14-6-7-15(23-4)16(10-14)24-5/h6-7,10-12H,8-9H2,1-5H3,(H2,19,20,21,22). The summed E-state index contributed by atoms with van der Waals surface area (Å²) in [6.07, 6.45) is 1.10. The Morgan fingerprint density at radius 3 is 2.38 bits per heavy atom. The molecular formula is C18H26N4O2. The quantitative estimate of drug-likeness (QED) is 0.762. The Kier molecular flexibility index (Phi) is 6.23. The molecule has 2 aromatic rings. The molecule has 0 amide bonds. The maximum absolute atomic E-state index is 5.33. The Morgan fingerprint density at radius 1 is 1.00 bits per heavy atom. The van der Waals surface area contributed by atoms with Gasteiger partial charge in [-0.15, -0.1) is 0 Å². The lowest BCUT2D eigenvalue weighted by Gasteiger charge is -2.13. The van der Waals surface area contributed by atoms with Crippen LogP contribution in [0.1, 0.15) is 26.1 Å². The minimum atomic E-state index is 0.657. The number of benzene rings is 1. The van der Waals surface area contributed by atoms with Crippen molar-refractivity contribution in [3.8, 4) is 11.5 Å². The van der Waals surface area contributed by atoms with Crippen LogP contribution in [0.15, 0.2) is 24.3 Å². The van der Waals surface area contributed by atoms with Gasteiger partial charge in [0.1, 0.15) is 17.5 Å². The summed E-state index contributed by atoms with van der Waals surface area (Å²) in [6, 6.07) is 7.56. The highest BCUT2D eigenvalue weighted by molar-refractivity contribution is 5.63. The van der Waals surface area contributed by atoms with Gasteiger partial charge in [-0.1, -0.05) is 13.8 Å². The Balaban J connectivity index is 2.13. The van der Waals surface area contributed by atoms with Gasteiger partial charge in [0.2, 0.25) is 0 Å². The summed E-state index contributed by atoms with van der Waals surface area (Å²) in [5.74, 6) is 4.30. The second-order valence-electron chi connectivity index (χ2n) is 5.99. The van der Waals surface area contributed by atoms with Crippen molar-refractivity contribution in [3.05, 3.63) is 30.1 Å². The lowest BCUT2D eigenvalue weighted by molar-refractivity contribution is 0.355. The van der Waals surface area contributed by atoms with Crippen molar-refractivity contribution in [2.75, 3.05) is 31.4 Å². The van der Waals surface area contributed by atoms with Crippen molar-refractivity contribution in [2.24, 2.45) is 5.92 Å². The third-order valence-electron chi connectivity index (χ3n) is 3.52. The van der Waals surface area contributed by atoms with Crippen LogP contribution >= 0.6 is 0 Å².